The number of nitrogens with zero attached hydrogens (tertiary/aromatic N) is 1. The zero-order valence-electron chi connectivity index (χ0n) is 6.97. The Morgan fingerprint density at radius 2 is 2.08 bits per heavy atom. The fraction of sp³-hybridized carbons (Fsp3) is 0.556. The maximum absolute atomic E-state index is 10.9. The molecule has 0 fully saturated rings. The van der Waals surface area contributed by atoms with Crippen LogP contribution in [0.3, 0.4) is 0 Å². The summed E-state index contributed by atoms with van der Waals surface area (Å²) in [7, 11) is 0. The fourth-order valence-electron chi connectivity index (χ4n) is 1.69. The smallest absolute Gasteiger partial charge is 0.310 e. The molecule has 64 valence electrons. The van der Waals surface area contributed by atoms with Gasteiger partial charge in [-0.15, -0.1) is 0 Å². The van der Waals surface area contributed by atoms with Crippen LogP contribution in [-0.4, -0.2) is 9.97 Å². The van der Waals surface area contributed by atoms with Crippen LogP contribution in [-0.2, 0) is 12.8 Å². The fourth-order valence-corrected chi connectivity index (χ4v) is 1.69. The Bertz CT molecular complexity index is 330. The molecule has 1 aliphatic carbocycles. The van der Waals surface area contributed by atoms with Crippen LogP contribution in [0, 0.1) is 0 Å². The third kappa shape index (κ3) is 1.40. The van der Waals surface area contributed by atoms with Gasteiger partial charge in [-0.05, 0) is 31.2 Å². The monoisotopic (exact) mass is 164 g/mol. The topological polar surface area (TPSA) is 45.8 Å². The van der Waals surface area contributed by atoms with E-state index in [9.17, 15) is 4.79 Å². The van der Waals surface area contributed by atoms with Gasteiger partial charge >= 0.3 is 5.69 Å². The van der Waals surface area contributed by atoms with E-state index in [-0.39, 0.29) is 5.69 Å². The second kappa shape index (κ2) is 3.09. The molecule has 0 saturated carbocycles. The molecule has 0 unspecified atom stereocenters. The predicted molar refractivity (Wildman–Crippen MR) is 46.1 cm³/mol. The van der Waals surface area contributed by atoms with Gasteiger partial charge in [0.2, 0.25) is 0 Å². The lowest BCUT2D eigenvalue weighted by Gasteiger charge is -2.01. The van der Waals surface area contributed by atoms with E-state index in [0.717, 1.165) is 18.5 Å². The molecule has 0 saturated heterocycles. The maximum Gasteiger partial charge on any atom is 0.345 e. The van der Waals surface area contributed by atoms with Crippen molar-refractivity contribution in [1.29, 1.82) is 0 Å². The Kier molecular flexibility index (Phi) is 1.94. The molecule has 0 bridgehead atoms. The van der Waals surface area contributed by atoms with Crippen LogP contribution < -0.4 is 5.69 Å². The van der Waals surface area contributed by atoms with Crippen LogP contribution in [0.2, 0.25) is 0 Å². The summed E-state index contributed by atoms with van der Waals surface area (Å²) < 4.78 is 0. The van der Waals surface area contributed by atoms with E-state index in [2.05, 4.69) is 9.97 Å². The van der Waals surface area contributed by atoms with Crippen LogP contribution in [0.25, 0.3) is 0 Å². The standard InChI is InChI=1S/C9H12N2O/c12-9-10-6-7-4-2-1-3-5-8(7)11-9/h6H,1-5H2,(H,10,11,12). The van der Waals surface area contributed by atoms with Gasteiger partial charge in [-0.3, -0.25) is 0 Å². The van der Waals surface area contributed by atoms with Crippen LogP contribution in [0.1, 0.15) is 30.5 Å². The Hall–Kier alpha value is -1.12. The molecule has 1 aliphatic rings. The predicted octanol–water partition coefficient (Wildman–Crippen LogP) is 1.04. The van der Waals surface area contributed by atoms with Gasteiger partial charge in [-0.1, -0.05) is 6.42 Å². The van der Waals surface area contributed by atoms with Gasteiger partial charge in [0.1, 0.15) is 0 Å². The van der Waals surface area contributed by atoms with Crippen LogP contribution >= 0.6 is 0 Å². The Labute approximate surface area is 70.9 Å². The summed E-state index contributed by atoms with van der Waals surface area (Å²) in [5.41, 5.74) is 2.12. The summed E-state index contributed by atoms with van der Waals surface area (Å²) in [5, 5.41) is 0. The third-order valence-electron chi connectivity index (χ3n) is 2.36. The van der Waals surface area contributed by atoms with E-state index in [1.165, 1.54) is 24.8 Å². The van der Waals surface area contributed by atoms with E-state index in [4.69, 9.17) is 0 Å². The SMILES string of the molecule is O=c1ncc2c([nH]1)CCCCC2. The molecule has 3 heteroatoms. The maximum atomic E-state index is 10.9. The van der Waals surface area contributed by atoms with Crippen molar-refractivity contribution >= 4 is 0 Å². The second-order valence-corrected chi connectivity index (χ2v) is 3.25. The highest BCUT2D eigenvalue weighted by atomic mass is 16.1. The molecule has 0 amide bonds. The average molecular weight is 164 g/mol. The molecule has 2 rings (SSSR count). The number of aromatic amines is 1. The van der Waals surface area contributed by atoms with Crippen molar-refractivity contribution in [3.8, 4) is 0 Å². The van der Waals surface area contributed by atoms with Crippen LogP contribution in [0.15, 0.2) is 11.0 Å². The Balaban J connectivity index is 2.43. The van der Waals surface area contributed by atoms with Crippen molar-refractivity contribution < 1.29 is 0 Å². The van der Waals surface area contributed by atoms with Gasteiger partial charge in [0, 0.05) is 11.9 Å². The van der Waals surface area contributed by atoms with Crippen LogP contribution in [0.4, 0.5) is 0 Å². The summed E-state index contributed by atoms with van der Waals surface area (Å²) in [6.07, 6.45) is 7.47. The number of fused-ring (bicyclic) bond motifs is 1. The molecular weight excluding hydrogens is 152 g/mol. The first-order chi connectivity index (χ1) is 5.86. The first-order valence-corrected chi connectivity index (χ1v) is 4.43. The summed E-state index contributed by atoms with van der Waals surface area (Å²) >= 11 is 0. The van der Waals surface area contributed by atoms with Gasteiger partial charge < -0.3 is 4.98 Å². The van der Waals surface area contributed by atoms with Crippen molar-refractivity contribution in [2.75, 3.05) is 0 Å². The lowest BCUT2D eigenvalue weighted by Crippen LogP contribution is -2.13. The van der Waals surface area contributed by atoms with Crippen molar-refractivity contribution in [2.24, 2.45) is 0 Å². The highest BCUT2D eigenvalue weighted by molar-refractivity contribution is 5.17. The molecule has 1 aromatic rings. The molecule has 1 heterocycles. The highest BCUT2D eigenvalue weighted by Gasteiger charge is 2.07. The minimum absolute atomic E-state index is 0.212. The molecule has 3 nitrogen and oxygen atoms in total. The highest BCUT2D eigenvalue weighted by Crippen LogP contribution is 2.15. The van der Waals surface area contributed by atoms with Crippen molar-refractivity contribution in [2.45, 2.75) is 32.1 Å². The van der Waals surface area contributed by atoms with Gasteiger partial charge in [0.05, 0.1) is 0 Å². The average Bonchev–Trinajstić information content (AvgIpc) is 2.28. The minimum Gasteiger partial charge on any atom is -0.310 e. The zero-order valence-corrected chi connectivity index (χ0v) is 6.97. The van der Waals surface area contributed by atoms with Gasteiger partial charge in [0.15, 0.2) is 0 Å². The lowest BCUT2D eigenvalue weighted by atomic mass is 10.1. The molecule has 0 aliphatic heterocycles. The molecule has 0 atom stereocenters. The Morgan fingerprint density at radius 3 is 3.00 bits per heavy atom. The summed E-state index contributed by atoms with van der Waals surface area (Å²) in [6, 6.07) is 0. The number of nitrogens with one attached hydrogen (secondary N) is 1. The van der Waals surface area contributed by atoms with Gasteiger partial charge in [0.25, 0.3) is 0 Å². The number of aromatic nitrogens is 2. The number of rotatable bonds is 0. The number of H-pyrrole nitrogens is 1. The summed E-state index contributed by atoms with van der Waals surface area (Å²) in [5.74, 6) is 0. The lowest BCUT2D eigenvalue weighted by molar-refractivity contribution is 0.708. The van der Waals surface area contributed by atoms with Crippen molar-refractivity contribution in [3.63, 3.8) is 0 Å². The van der Waals surface area contributed by atoms with Gasteiger partial charge in [-0.25, -0.2) is 9.78 Å². The number of hydrogen-bond acceptors (Lipinski definition) is 2. The van der Waals surface area contributed by atoms with Crippen molar-refractivity contribution in [1.82, 2.24) is 9.97 Å². The van der Waals surface area contributed by atoms with Gasteiger partial charge in [-0.2, -0.15) is 0 Å². The molecule has 0 aromatic carbocycles. The quantitative estimate of drug-likeness (QED) is 0.582. The zero-order chi connectivity index (χ0) is 8.39. The second-order valence-electron chi connectivity index (χ2n) is 3.25. The van der Waals surface area contributed by atoms with E-state index in [0.29, 0.717) is 0 Å². The minimum atomic E-state index is -0.212. The third-order valence-corrected chi connectivity index (χ3v) is 2.36. The number of hydrogen-bond donors (Lipinski definition) is 1. The summed E-state index contributed by atoms with van der Waals surface area (Å²) in [6.45, 7) is 0. The molecular formula is C9H12N2O. The number of aryl methyl sites for hydroxylation is 2. The van der Waals surface area contributed by atoms with E-state index in [1.807, 2.05) is 0 Å². The van der Waals surface area contributed by atoms with Crippen LogP contribution in [0.5, 0.6) is 0 Å². The molecule has 12 heavy (non-hydrogen) atoms. The van der Waals surface area contributed by atoms with Crippen molar-refractivity contribution in [3.05, 3.63) is 27.9 Å². The largest absolute Gasteiger partial charge is 0.345 e. The van der Waals surface area contributed by atoms with E-state index in [1.54, 1.807) is 6.20 Å². The molecule has 1 aromatic heterocycles. The molecule has 1 N–H and O–H groups in total. The normalized spacial score (nSPS) is 16.7. The summed E-state index contributed by atoms with van der Waals surface area (Å²) in [4.78, 5) is 17.4. The Morgan fingerprint density at radius 1 is 1.25 bits per heavy atom. The molecule has 0 spiro atoms. The van der Waals surface area contributed by atoms with E-state index >= 15 is 0 Å². The van der Waals surface area contributed by atoms with E-state index < -0.39 is 0 Å². The first-order valence-electron chi connectivity index (χ1n) is 4.43. The molecule has 0 radical (unpaired) electrons. The first kappa shape index (κ1) is 7.53.